The minimum Gasteiger partial charge on any atom is -0.469 e. The molecule has 4 nitrogen and oxygen atoms in total. The average molecular weight is 256 g/mol. The highest BCUT2D eigenvalue weighted by Gasteiger charge is 2.48. The molecular formula is C14H24O4. The van der Waals surface area contributed by atoms with E-state index in [0.717, 1.165) is 38.5 Å². The van der Waals surface area contributed by atoms with Gasteiger partial charge in [-0.2, -0.15) is 0 Å². The van der Waals surface area contributed by atoms with Crippen molar-refractivity contribution >= 4 is 5.97 Å². The van der Waals surface area contributed by atoms with Gasteiger partial charge >= 0.3 is 5.97 Å². The molecule has 2 unspecified atom stereocenters. The summed E-state index contributed by atoms with van der Waals surface area (Å²) in [5, 5.41) is 0. The van der Waals surface area contributed by atoms with Gasteiger partial charge in [-0.1, -0.05) is 13.3 Å². The molecule has 0 N–H and O–H groups in total. The molecule has 0 radical (unpaired) electrons. The maximum atomic E-state index is 11.6. The van der Waals surface area contributed by atoms with Gasteiger partial charge in [0, 0.05) is 12.3 Å². The molecule has 1 aliphatic heterocycles. The quantitative estimate of drug-likeness (QED) is 0.709. The third kappa shape index (κ3) is 2.69. The molecule has 1 saturated heterocycles. The molecule has 4 heteroatoms. The molecular weight excluding hydrogens is 232 g/mol. The van der Waals surface area contributed by atoms with Crippen molar-refractivity contribution in [2.45, 2.75) is 51.2 Å². The first-order valence-corrected chi connectivity index (χ1v) is 7.07. The second-order valence-corrected chi connectivity index (χ2v) is 5.34. The van der Waals surface area contributed by atoms with E-state index >= 15 is 0 Å². The van der Waals surface area contributed by atoms with Crippen LogP contribution in [0, 0.1) is 11.8 Å². The van der Waals surface area contributed by atoms with Crippen LogP contribution in [0.15, 0.2) is 0 Å². The van der Waals surface area contributed by atoms with Gasteiger partial charge in [0.1, 0.15) is 0 Å². The van der Waals surface area contributed by atoms with Crippen molar-refractivity contribution in [1.82, 2.24) is 0 Å². The summed E-state index contributed by atoms with van der Waals surface area (Å²) in [7, 11) is 1.46. The van der Waals surface area contributed by atoms with Gasteiger partial charge in [0.25, 0.3) is 0 Å². The van der Waals surface area contributed by atoms with Crippen LogP contribution in [0.4, 0.5) is 0 Å². The second kappa shape index (κ2) is 6.02. The molecule has 1 heterocycles. The highest BCUT2D eigenvalue weighted by Crippen LogP contribution is 2.45. The summed E-state index contributed by atoms with van der Waals surface area (Å²) in [4.78, 5) is 11.6. The highest BCUT2D eigenvalue weighted by atomic mass is 16.7. The standard InChI is InChI=1S/C14H24O4/c1-3-4-7-14(17-8-9-18-14)12-6-5-11(10-12)13(15)16-2/h11-12H,3-10H2,1-2H3. The van der Waals surface area contributed by atoms with E-state index in [4.69, 9.17) is 14.2 Å². The fourth-order valence-electron chi connectivity index (χ4n) is 3.24. The van der Waals surface area contributed by atoms with E-state index in [-0.39, 0.29) is 11.9 Å². The van der Waals surface area contributed by atoms with E-state index in [0.29, 0.717) is 19.1 Å². The molecule has 104 valence electrons. The molecule has 2 rings (SSSR count). The van der Waals surface area contributed by atoms with Gasteiger partial charge in [0.15, 0.2) is 5.79 Å². The normalized spacial score (nSPS) is 30.6. The first-order valence-electron chi connectivity index (χ1n) is 7.07. The average Bonchev–Trinajstić information content (AvgIpc) is 3.04. The van der Waals surface area contributed by atoms with Gasteiger partial charge < -0.3 is 14.2 Å². The van der Waals surface area contributed by atoms with Crippen molar-refractivity contribution in [2.24, 2.45) is 11.8 Å². The third-order valence-corrected chi connectivity index (χ3v) is 4.24. The van der Waals surface area contributed by atoms with Crippen molar-refractivity contribution in [3.05, 3.63) is 0 Å². The van der Waals surface area contributed by atoms with Crippen LogP contribution in [0.25, 0.3) is 0 Å². The molecule has 0 aromatic carbocycles. The van der Waals surface area contributed by atoms with E-state index in [1.54, 1.807) is 0 Å². The number of hydrogen-bond donors (Lipinski definition) is 0. The zero-order chi connectivity index (χ0) is 13.0. The topological polar surface area (TPSA) is 44.8 Å². The van der Waals surface area contributed by atoms with Crippen LogP contribution in [0.1, 0.15) is 45.4 Å². The molecule has 2 fully saturated rings. The number of hydrogen-bond acceptors (Lipinski definition) is 4. The maximum Gasteiger partial charge on any atom is 0.308 e. The Kier molecular flexibility index (Phi) is 4.62. The van der Waals surface area contributed by atoms with Crippen LogP contribution in [0.5, 0.6) is 0 Å². The van der Waals surface area contributed by atoms with Gasteiger partial charge in [-0.3, -0.25) is 4.79 Å². The second-order valence-electron chi connectivity index (χ2n) is 5.34. The van der Waals surface area contributed by atoms with Crippen LogP contribution in [-0.2, 0) is 19.0 Å². The number of ether oxygens (including phenoxy) is 3. The molecule has 18 heavy (non-hydrogen) atoms. The lowest BCUT2D eigenvalue weighted by molar-refractivity contribution is -0.200. The number of unbranched alkanes of at least 4 members (excludes halogenated alkanes) is 1. The molecule has 0 aromatic heterocycles. The number of carbonyl (C=O) groups excluding carboxylic acids is 1. The van der Waals surface area contributed by atoms with Crippen molar-refractivity contribution in [3.63, 3.8) is 0 Å². The van der Waals surface area contributed by atoms with E-state index in [1.807, 2.05) is 0 Å². The monoisotopic (exact) mass is 256 g/mol. The van der Waals surface area contributed by atoms with Crippen molar-refractivity contribution in [1.29, 1.82) is 0 Å². The van der Waals surface area contributed by atoms with Crippen LogP contribution in [-0.4, -0.2) is 32.1 Å². The molecule has 0 bridgehead atoms. The van der Waals surface area contributed by atoms with Gasteiger partial charge in [-0.05, 0) is 25.7 Å². The van der Waals surface area contributed by atoms with E-state index < -0.39 is 5.79 Å². The molecule has 2 atom stereocenters. The Labute approximate surface area is 109 Å². The largest absolute Gasteiger partial charge is 0.469 e. The van der Waals surface area contributed by atoms with Crippen LogP contribution < -0.4 is 0 Å². The first-order chi connectivity index (χ1) is 8.72. The van der Waals surface area contributed by atoms with Crippen molar-refractivity contribution < 1.29 is 19.0 Å². The number of methoxy groups -OCH3 is 1. The Hall–Kier alpha value is -0.610. The smallest absolute Gasteiger partial charge is 0.308 e. The lowest BCUT2D eigenvalue weighted by Gasteiger charge is -2.33. The fourth-order valence-corrected chi connectivity index (χ4v) is 3.24. The van der Waals surface area contributed by atoms with Crippen LogP contribution in [0.3, 0.4) is 0 Å². The maximum absolute atomic E-state index is 11.6. The predicted octanol–water partition coefficient (Wildman–Crippen LogP) is 2.51. The first kappa shape index (κ1) is 13.8. The Balaban J connectivity index is 1.98. The molecule has 2 aliphatic rings. The van der Waals surface area contributed by atoms with Crippen molar-refractivity contribution in [2.75, 3.05) is 20.3 Å². The van der Waals surface area contributed by atoms with E-state index in [1.165, 1.54) is 7.11 Å². The number of esters is 1. The van der Waals surface area contributed by atoms with Gasteiger partial charge in [-0.25, -0.2) is 0 Å². The zero-order valence-corrected chi connectivity index (χ0v) is 11.4. The van der Waals surface area contributed by atoms with Crippen molar-refractivity contribution in [3.8, 4) is 0 Å². The Morgan fingerprint density at radius 2 is 2.06 bits per heavy atom. The zero-order valence-electron chi connectivity index (χ0n) is 11.4. The minimum atomic E-state index is -0.418. The summed E-state index contributed by atoms with van der Waals surface area (Å²) in [6.45, 7) is 3.54. The summed E-state index contributed by atoms with van der Waals surface area (Å²) < 4.78 is 16.7. The lowest BCUT2D eigenvalue weighted by Crippen LogP contribution is -2.38. The Morgan fingerprint density at radius 1 is 1.33 bits per heavy atom. The highest BCUT2D eigenvalue weighted by molar-refractivity contribution is 5.72. The van der Waals surface area contributed by atoms with E-state index in [2.05, 4.69) is 6.92 Å². The summed E-state index contributed by atoms with van der Waals surface area (Å²) in [5.41, 5.74) is 0. The van der Waals surface area contributed by atoms with E-state index in [9.17, 15) is 4.79 Å². The summed E-state index contributed by atoms with van der Waals surface area (Å²) in [6, 6.07) is 0. The Morgan fingerprint density at radius 3 is 2.67 bits per heavy atom. The lowest BCUT2D eigenvalue weighted by atomic mass is 9.91. The van der Waals surface area contributed by atoms with Gasteiger partial charge in [-0.15, -0.1) is 0 Å². The molecule has 1 aliphatic carbocycles. The van der Waals surface area contributed by atoms with Crippen LogP contribution in [0.2, 0.25) is 0 Å². The summed E-state index contributed by atoms with van der Waals surface area (Å²) in [6.07, 6.45) is 5.95. The molecule has 0 amide bonds. The third-order valence-electron chi connectivity index (χ3n) is 4.24. The molecule has 1 saturated carbocycles. The van der Waals surface area contributed by atoms with Gasteiger partial charge in [0.2, 0.25) is 0 Å². The predicted molar refractivity (Wildman–Crippen MR) is 67.0 cm³/mol. The van der Waals surface area contributed by atoms with Gasteiger partial charge in [0.05, 0.1) is 26.2 Å². The number of rotatable bonds is 5. The summed E-state index contributed by atoms with van der Waals surface area (Å²) in [5.74, 6) is -0.123. The van der Waals surface area contributed by atoms with Crippen LogP contribution >= 0.6 is 0 Å². The Bertz CT molecular complexity index is 284. The molecule has 0 aromatic rings. The minimum absolute atomic E-state index is 0.0336. The number of carbonyl (C=O) groups is 1. The SMILES string of the molecule is CCCCC1(C2CCC(C(=O)OC)C2)OCCO1. The fraction of sp³-hybridized carbons (Fsp3) is 0.929. The summed E-state index contributed by atoms with van der Waals surface area (Å²) >= 11 is 0. The molecule has 0 spiro atoms.